The molecule has 1 amide bonds. The van der Waals surface area contributed by atoms with Crippen LogP contribution in [0.15, 0.2) is 42.6 Å². The molecule has 1 aromatic carbocycles. The number of nitrogens with one attached hydrogen (secondary N) is 1. The van der Waals surface area contributed by atoms with E-state index in [1.807, 2.05) is 6.07 Å². The van der Waals surface area contributed by atoms with Crippen LogP contribution in [0.25, 0.3) is 0 Å². The zero-order chi connectivity index (χ0) is 18.1. The summed E-state index contributed by atoms with van der Waals surface area (Å²) in [5.41, 5.74) is 0. The molecule has 0 bridgehead atoms. The smallest absolute Gasteiger partial charge is 0.309 e. The molecule has 0 unspecified atom stereocenters. The number of halogens is 1. The van der Waals surface area contributed by atoms with Crippen LogP contribution in [0.5, 0.6) is 11.5 Å². The molecule has 0 aliphatic rings. The van der Waals surface area contributed by atoms with Crippen LogP contribution in [-0.4, -0.2) is 37.2 Å². The van der Waals surface area contributed by atoms with Crippen LogP contribution < -0.4 is 14.8 Å². The minimum Gasteiger partial charge on any atom is -0.493 e. The zero-order valence-electron chi connectivity index (χ0n) is 13.5. The SMILES string of the molecule is COc1ccccc1OCCC(=O)OCC(=O)Nc1ccc(Cl)cn1. The van der Waals surface area contributed by atoms with Crippen molar-refractivity contribution < 1.29 is 23.8 Å². The molecule has 8 heteroatoms. The van der Waals surface area contributed by atoms with Crippen molar-refractivity contribution in [2.75, 3.05) is 25.6 Å². The molecule has 2 aromatic rings. The molecule has 0 saturated heterocycles. The molecule has 0 radical (unpaired) electrons. The number of para-hydroxylation sites is 2. The van der Waals surface area contributed by atoms with E-state index in [-0.39, 0.29) is 13.0 Å². The second-order valence-electron chi connectivity index (χ2n) is 4.82. The van der Waals surface area contributed by atoms with Gasteiger partial charge in [-0.2, -0.15) is 0 Å². The number of anilines is 1. The van der Waals surface area contributed by atoms with E-state index in [0.29, 0.717) is 22.3 Å². The maximum absolute atomic E-state index is 11.7. The van der Waals surface area contributed by atoms with E-state index in [2.05, 4.69) is 10.3 Å². The summed E-state index contributed by atoms with van der Waals surface area (Å²) >= 11 is 5.70. The van der Waals surface area contributed by atoms with Crippen molar-refractivity contribution in [1.29, 1.82) is 0 Å². The Hall–Kier alpha value is -2.80. The standard InChI is InChI=1S/C17H17ClN2O5/c1-23-13-4-2-3-5-14(13)24-9-8-17(22)25-11-16(21)20-15-7-6-12(18)10-19-15/h2-7,10H,8-9,11H2,1H3,(H,19,20,21). The zero-order valence-corrected chi connectivity index (χ0v) is 14.3. The summed E-state index contributed by atoms with van der Waals surface area (Å²) in [6, 6.07) is 10.2. The molecule has 0 fully saturated rings. The molecular formula is C17H17ClN2O5. The number of hydrogen-bond donors (Lipinski definition) is 1. The average molecular weight is 365 g/mol. The van der Waals surface area contributed by atoms with Gasteiger partial charge in [-0.15, -0.1) is 0 Å². The Morgan fingerprint density at radius 3 is 2.60 bits per heavy atom. The summed E-state index contributed by atoms with van der Waals surface area (Å²) in [5, 5.41) is 2.95. The number of amides is 1. The first kappa shape index (κ1) is 18.5. The van der Waals surface area contributed by atoms with Crippen molar-refractivity contribution in [1.82, 2.24) is 4.98 Å². The Labute approximate surface area is 149 Å². The van der Waals surface area contributed by atoms with Crippen molar-refractivity contribution in [2.45, 2.75) is 6.42 Å². The van der Waals surface area contributed by atoms with Gasteiger partial charge >= 0.3 is 5.97 Å². The van der Waals surface area contributed by atoms with Gasteiger partial charge in [0.25, 0.3) is 5.91 Å². The maximum atomic E-state index is 11.7. The van der Waals surface area contributed by atoms with Crippen LogP contribution in [0.4, 0.5) is 5.82 Å². The predicted molar refractivity (Wildman–Crippen MR) is 91.9 cm³/mol. The third-order valence-corrected chi connectivity index (χ3v) is 3.22. The van der Waals surface area contributed by atoms with E-state index >= 15 is 0 Å². The summed E-state index contributed by atoms with van der Waals surface area (Å²) in [7, 11) is 1.53. The number of methoxy groups -OCH3 is 1. The van der Waals surface area contributed by atoms with Gasteiger partial charge in [0.15, 0.2) is 18.1 Å². The normalized spacial score (nSPS) is 10.0. The minimum absolute atomic E-state index is 0.00449. The maximum Gasteiger partial charge on any atom is 0.309 e. The van der Waals surface area contributed by atoms with Gasteiger partial charge in [-0.05, 0) is 24.3 Å². The summed E-state index contributed by atoms with van der Waals surface area (Å²) in [6.07, 6.45) is 1.41. The molecule has 0 aliphatic heterocycles. The van der Waals surface area contributed by atoms with Gasteiger partial charge in [0.05, 0.1) is 25.2 Å². The lowest BCUT2D eigenvalue weighted by molar-refractivity contribution is -0.147. The van der Waals surface area contributed by atoms with E-state index in [9.17, 15) is 9.59 Å². The van der Waals surface area contributed by atoms with E-state index in [0.717, 1.165) is 0 Å². The van der Waals surface area contributed by atoms with E-state index in [1.54, 1.807) is 30.3 Å². The molecule has 0 spiro atoms. The van der Waals surface area contributed by atoms with Crippen LogP contribution in [-0.2, 0) is 14.3 Å². The number of aromatic nitrogens is 1. The number of benzene rings is 1. The lowest BCUT2D eigenvalue weighted by Crippen LogP contribution is -2.22. The minimum atomic E-state index is -0.547. The summed E-state index contributed by atoms with van der Waals surface area (Å²) in [6.45, 7) is -0.294. The Morgan fingerprint density at radius 2 is 1.92 bits per heavy atom. The molecule has 0 atom stereocenters. The van der Waals surface area contributed by atoms with E-state index in [1.165, 1.54) is 13.3 Å². The summed E-state index contributed by atoms with van der Waals surface area (Å²) in [5.74, 6) is 0.392. The lowest BCUT2D eigenvalue weighted by atomic mass is 10.3. The number of nitrogens with zero attached hydrogens (tertiary/aromatic N) is 1. The fourth-order valence-corrected chi connectivity index (χ4v) is 1.94. The van der Waals surface area contributed by atoms with E-state index < -0.39 is 18.5 Å². The molecular weight excluding hydrogens is 348 g/mol. The topological polar surface area (TPSA) is 86.8 Å². The van der Waals surface area contributed by atoms with Gasteiger partial charge < -0.3 is 19.5 Å². The van der Waals surface area contributed by atoms with Crippen molar-refractivity contribution in [3.63, 3.8) is 0 Å². The first-order chi connectivity index (χ1) is 12.1. The Kier molecular flexibility index (Phi) is 7.03. The molecule has 132 valence electrons. The van der Waals surface area contributed by atoms with Gasteiger partial charge in [0.1, 0.15) is 5.82 Å². The van der Waals surface area contributed by atoms with Gasteiger partial charge in [-0.1, -0.05) is 23.7 Å². The fraction of sp³-hybridized carbons (Fsp3) is 0.235. The third kappa shape index (κ3) is 6.31. The first-order valence-corrected chi connectivity index (χ1v) is 7.79. The molecule has 2 rings (SSSR count). The van der Waals surface area contributed by atoms with Gasteiger partial charge in [0.2, 0.25) is 0 Å². The monoisotopic (exact) mass is 364 g/mol. The van der Waals surface area contributed by atoms with Gasteiger partial charge in [-0.3, -0.25) is 9.59 Å². The van der Waals surface area contributed by atoms with E-state index in [4.69, 9.17) is 25.8 Å². The Bertz CT molecular complexity index is 721. The number of esters is 1. The highest BCUT2D eigenvalue weighted by Gasteiger charge is 2.10. The van der Waals surface area contributed by atoms with Crippen molar-refractivity contribution >= 4 is 29.3 Å². The van der Waals surface area contributed by atoms with Crippen molar-refractivity contribution in [3.8, 4) is 11.5 Å². The summed E-state index contributed by atoms with van der Waals surface area (Å²) in [4.78, 5) is 27.2. The quantitative estimate of drug-likeness (QED) is 0.725. The van der Waals surface area contributed by atoms with Crippen molar-refractivity contribution in [3.05, 3.63) is 47.6 Å². The van der Waals surface area contributed by atoms with Crippen LogP contribution in [0, 0.1) is 0 Å². The third-order valence-electron chi connectivity index (χ3n) is 2.99. The molecule has 1 aromatic heterocycles. The summed E-state index contributed by atoms with van der Waals surface area (Å²) < 4.78 is 15.5. The molecule has 25 heavy (non-hydrogen) atoms. The Balaban J connectivity index is 1.68. The van der Waals surface area contributed by atoms with Crippen LogP contribution in [0.3, 0.4) is 0 Å². The highest BCUT2D eigenvalue weighted by Crippen LogP contribution is 2.25. The van der Waals surface area contributed by atoms with Crippen LogP contribution >= 0.6 is 11.6 Å². The highest BCUT2D eigenvalue weighted by atomic mass is 35.5. The first-order valence-electron chi connectivity index (χ1n) is 7.41. The number of rotatable bonds is 8. The van der Waals surface area contributed by atoms with Crippen molar-refractivity contribution in [2.24, 2.45) is 0 Å². The molecule has 0 saturated carbocycles. The largest absolute Gasteiger partial charge is 0.493 e. The second kappa shape index (κ2) is 9.48. The predicted octanol–water partition coefficient (Wildman–Crippen LogP) is 2.69. The number of carbonyl (C=O) groups excluding carboxylic acids is 2. The average Bonchev–Trinajstić information content (AvgIpc) is 2.62. The number of hydrogen-bond acceptors (Lipinski definition) is 6. The molecule has 1 heterocycles. The second-order valence-corrected chi connectivity index (χ2v) is 5.26. The molecule has 7 nitrogen and oxygen atoms in total. The number of carbonyl (C=O) groups is 2. The van der Waals surface area contributed by atoms with Crippen LogP contribution in [0.1, 0.15) is 6.42 Å². The molecule has 0 aliphatic carbocycles. The highest BCUT2D eigenvalue weighted by molar-refractivity contribution is 6.30. The molecule has 1 N–H and O–H groups in total. The van der Waals surface area contributed by atoms with Crippen LogP contribution in [0.2, 0.25) is 5.02 Å². The van der Waals surface area contributed by atoms with Gasteiger partial charge in [-0.25, -0.2) is 4.98 Å². The fourth-order valence-electron chi connectivity index (χ4n) is 1.83. The Morgan fingerprint density at radius 1 is 1.16 bits per heavy atom. The number of ether oxygens (including phenoxy) is 3. The lowest BCUT2D eigenvalue weighted by Gasteiger charge is -2.10. The number of pyridine rings is 1. The van der Waals surface area contributed by atoms with Gasteiger partial charge in [0, 0.05) is 6.20 Å².